The molecule has 2 rings (SSSR count). The summed E-state index contributed by atoms with van der Waals surface area (Å²) in [5, 5.41) is 19.2. The summed E-state index contributed by atoms with van der Waals surface area (Å²) in [6.45, 7) is 0.252. The topological polar surface area (TPSA) is 84.8 Å². The quantitative estimate of drug-likeness (QED) is 0.605. The summed E-state index contributed by atoms with van der Waals surface area (Å²) in [7, 11) is 0. The van der Waals surface area contributed by atoms with Crippen LogP contribution in [0.25, 0.3) is 0 Å². The highest BCUT2D eigenvalue weighted by Crippen LogP contribution is 2.14. The highest BCUT2D eigenvalue weighted by atomic mass is 16.6. The first-order valence-electron chi connectivity index (χ1n) is 5.31. The number of nitro benzene ring substituents is 1. The lowest BCUT2D eigenvalue weighted by Crippen LogP contribution is -2.02. The Morgan fingerprint density at radius 1 is 1.39 bits per heavy atom. The van der Waals surface area contributed by atoms with Crippen LogP contribution in [-0.2, 0) is 13.0 Å². The van der Waals surface area contributed by atoms with Gasteiger partial charge in [0.1, 0.15) is 12.4 Å². The van der Waals surface area contributed by atoms with Gasteiger partial charge in [0.2, 0.25) is 0 Å². The van der Waals surface area contributed by atoms with Gasteiger partial charge in [-0.1, -0.05) is 12.1 Å². The third kappa shape index (κ3) is 2.52. The zero-order valence-electron chi connectivity index (χ0n) is 9.48. The van der Waals surface area contributed by atoms with Gasteiger partial charge in [0, 0.05) is 30.9 Å². The minimum Gasteiger partial charge on any atom is -0.321 e. The van der Waals surface area contributed by atoms with Gasteiger partial charge < -0.3 is 4.57 Å². The zero-order valence-corrected chi connectivity index (χ0v) is 9.48. The molecule has 1 aromatic heterocycles. The molecule has 0 aliphatic rings. The fraction of sp³-hybridized carbons (Fsp3) is 0.167. The van der Waals surface area contributed by atoms with Crippen molar-refractivity contribution in [3.63, 3.8) is 0 Å². The molecule has 6 heteroatoms. The van der Waals surface area contributed by atoms with Crippen LogP contribution >= 0.6 is 0 Å². The van der Waals surface area contributed by atoms with Gasteiger partial charge >= 0.3 is 0 Å². The van der Waals surface area contributed by atoms with Crippen molar-refractivity contribution in [3.05, 3.63) is 58.2 Å². The fourth-order valence-electron chi connectivity index (χ4n) is 1.65. The van der Waals surface area contributed by atoms with Crippen LogP contribution in [-0.4, -0.2) is 14.5 Å². The largest absolute Gasteiger partial charge is 0.321 e. The Morgan fingerprint density at radius 3 is 2.72 bits per heavy atom. The molecular formula is C12H10N4O2. The van der Waals surface area contributed by atoms with E-state index in [9.17, 15) is 10.1 Å². The maximum atomic E-state index is 10.5. The molecule has 90 valence electrons. The Bertz CT molecular complexity index is 595. The summed E-state index contributed by atoms with van der Waals surface area (Å²) in [6.07, 6.45) is 3.93. The van der Waals surface area contributed by atoms with E-state index in [4.69, 9.17) is 5.26 Å². The number of nitrogens with zero attached hydrogens (tertiary/aromatic N) is 4. The predicted molar refractivity (Wildman–Crippen MR) is 63.7 cm³/mol. The standard InChI is InChI=1S/C12H10N4O2/c13-5-7-15-8-6-14-12(15)9-10-1-3-11(4-2-10)16(17)18/h1-4,6,8H,7,9H2. The van der Waals surface area contributed by atoms with Crippen LogP contribution < -0.4 is 0 Å². The van der Waals surface area contributed by atoms with E-state index in [0.29, 0.717) is 6.42 Å². The first-order chi connectivity index (χ1) is 8.70. The van der Waals surface area contributed by atoms with Crippen molar-refractivity contribution in [1.82, 2.24) is 9.55 Å². The van der Waals surface area contributed by atoms with E-state index in [-0.39, 0.29) is 12.2 Å². The smallest absolute Gasteiger partial charge is 0.269 e. The van der Waals surface area contributed by atoms with Gasteiger partial charge in [-0.25, -0.2) is 4.98 Å². The van der Waals surface area contributed by atoms with Crippen LogP contribution in [0.5, 0.6) is 0 Å². The first-order valence-corrected chi connectivity index (χ1v) is 5.31. The summed E-state index contributed by atoms with van der Waals surface area (Å²) in [5.41, 5.74) is 0.991. The van der Waals surface area contributed by atoms with Crippen LogP contribution in [0.3, 0.4) is 0 Å². The normalized spacial score (nSPS) is 9.94. The number of hydrogen-bond acceptors (Lipinski definition) is 4. The third-order valence-corrected chi connectivity index (χ3v) is 2.55. The van der Waals surface area contributed by atoms with Crippen molar-refractivity contribution in [3.8, 4) is 6.07 Å². The van der Waals surface area contributed by atoms with Crippen molar-refractivity contribution in [2.45, 2.75) is 13.0 Å². The molecule has 0 unspecified atom stereocenters. The fourth-order valence-corrected chi connectivity index (χ4v) is 1.65. The van der Waals surface area contributed by atoms with E-state index in [2.05, 4.69) is 11.1 Å². The highest BCUT2D eigenvalue weighted by molar-refractivity contribution is 5.34. The molecule has 0 saturated heterocycles. The van der Waals surface area contributed by atoms with E-state index in [1.165, 1.54) is 12.1 Å². The van der Waals surface area contributed by atoms with E-state index in [1.807, 2.05) is 0 Å². The Balaban J connectivity index is 2.16. The molecule has 18 heavy (non-hydrogen) atoms. The molecule has 0 aliphatic carbocycles. The molecule has 0 amide bonds. The maximum absolute atomic E-state index is 10.5. The van der Waals surface area contributed by atoms with E-state index in [1.54, 1.807) is 29.1 Å². The van der Waals surface area contributed by atoms with E-state index in [0.717, 1.165) is 11.4 Å². The average Bonchev–Trinajstić information content (AvgIpc) is 2.78. The van der Waals surface area contributed by atoms with Crippen LogP contribution in [0.15, 0.2) is 36.7 Å². The van der Waals surface area contributed by atoms with Crippen molar-refractivity contribution >= 4 is 5.69 Å². The van der Waals surface area contributed by atoms with Gasteiger partial charge in [-0.3, -0.25) is 10.1 Å². The average molecular weight is 242 g/mol. The summed E-state index contributed by atoms with van der Waals surface area (Å²) in [6, 6.07) is 8.38. The minimum absolute atomic E-state index is 0.0686. The lowest BCUT2D eigenvalue weighted by atomic mass is 10.1. The summed E-state index contributed by atoms with van der Waals surface area (Å²) in [4.78, 5) is 14.3. The Kier molecular flexibility index (Phi) is 3.34. The first kappa shape index (κ1) is 11.8. The van der Waals surface area contributed by atoms with E-state index < -0.39 is 4.92 Å². The number of aromatic nitrogens is 2. The predicted octanol–water partition coefficient (Wildman–Crippen LogP) is 1.91. The number of benzene rings is 1. The molecule has 0 spiro atoms. The maximum Gasteiger partial charge on any atom is 0.269 e. The Hall–Kier alpha value is -2.68. The van der Waals surface area contributed by atoms with Crippen molar-refractivity contribution in [2.24, 2.45) is 0 Å². The second-order valence-electron chi connectivity index (χ2n) is 3.73. The monoisotopic (exact) mass is 242 g/mol. The number of non-ortho nitro benzene ring substituents is 1. The third-order valence-electron chi connectivity index (χ3n) is 2.55. The van der Waals surface area contributed by atoms with Gasteiger partial charge in [-0.05, 0) is 5.56 Å². The highest BCUT2D eigenvalue weighted by Gasteiger charge is 2.07. The summed E-state index contributed by atoms with van der Waals surface area (Å²) >= 11 is 0. The van der Waals surface area contributed by atoms with Crippen molar-refractivity contribution in [2.75, 3.05) is 0 Å². The van der Waals surface area contributed by atoms with Crippen LogP contribution in [0, 0.1) is 21.4 Å². The van der Waals surface area contributed by atoms with Gasteiger partial charge in [-0.2, -0.15) is 5.26 Å². The van der Waals surface area contributed by atoms with Crippen molar-refractivity contribution < 1.29 is 4.92 Å². The molecule has 0 saturated carbocycles. The SMILES string of the molecule is N#CCn1ccnc1Cc1ccc([N+](=O)[O-])cc1. The van der Waals surface area contributed by atoms with Crippen molar-refractivity contribution in [1.29, 1.82) is 5.26 Å². The number of nitriles is 1. The van der Waals surface area contributed by atoms with Gasteiger partial charge in [0.25, 0.3) is 5.69 Å². The van der Waals surface area contributed by atoms with Gasteiger partial charge in [0.05, 0.1) is 11.0 Å². The number of hydrogen-bond donors (Lipinski definition) is 0. The summed E-state index contributed by atoms with van der Waals surface area (Å²) in [5.74, 6) is 0.769. The second-order valence-corrected chi connectivity index (χ2v) is 3.73. The second kappa shape index (κ2) is 5.10. The Morgan fingerprint density at radius 2 is 2.11 bits per heavy atom. The Labute approximate surface area is 103 Å². The van der Waals surface area contributed by atoms with Crippen LogP contribution in [0.2, 0.25) is 0 Å². The molecule has 2 aromatic rings. The minimum atomic E-state index is -0.430. The summed E-state index contributed by atoms with van der Waals surface area (Å²) < 4.78 is 1.75. The molecule has 0 atom stereocenters. The molecule has 1 heterocycles. The van der Waals surface area contributed by atoms with Crippen LogP contribution in [0.1, 0.15) is 11.4 Å². The van der Waals surface area contributed by atoms with Gasteiger partial charge in [0.15, 0.2) is 0 Å². The molecule has 0 bridgehead atoms. The molecule has 0 radical (unpaired) electrons. The molecular weight excluding hydrogens is 232 g/mol. The number of rotatable bonds is 4. The van der Waals surface area contributed by atoms with E-state index >= 15 is 0 Å². The number of nitro groups is 1. The number of imidazole rings is 1. The zero-order chi connectivity index (χ0) is 13.0. The van der Waals surface area contributed by atoms with Gasteiger partial charge in [-0.15, -0.1) is 0 Å². The lowest BCUT2D eigenvalue weighted by Gasteiger charge is -2.03. The lowest BCUT2D eigenvalue weighted by molar-refractivity contribution is -0.384. The molecule has 1 aromatic carbocycles. The molecule has 6 nitrogen and oxygen atoms in total. The molecule has 0 N–H and O–H groups in total. The van der Waals surface area contributed by atoms with Crippen LogP contribution in [0.4, 0.5) is 5.69 Å². The molecule has 0 aliphatic heterocycles. The molecule has 0 fully saturated rings.